The first-order valence-electron chi connectivity index (χ1n) is 8.28. The second-order valence-electron chi connectivity index (χ2n) is 7.27. The number of nitrogens with one attached hydrogen (secondary N) is 2. The first kappa shape index (κ1) is 18.7. The van der Waals surface area contributed by atoms with Crippen LogP contribution in [0.4, 0.5) is 11.4 Å². The molecule has 0 heterocycles. The quantitative estimate of drug-likeness (QED) is 0.731. The zero-order valence-corrected chi connectivity index (χ0v) is 14.7. The van der Waals surface area contributed by atoms with Gasteiger partial charge in [0.15, 0.2) is 0 Å². The molecule has 0 fully saturated rings. The fraction of sp³-hybridized carbons (Fsp3) is 0.421. The van der Waals surface area contributed by atoms with Gasteiger partial charge in [0.05, 0.1) is 11.8 Å². The number of carbonyl (C=O) groups is 3. The van der Waals surface area contributed by atoms with Crippen molar-refractivity contribution in [3.05, 3.63) is 36.4 Å². The van der Waals surface area contributed by atoms with Gasteiger partial charge in [0, 0.05) is 16.8 Å². The van der Waals surface area contributed by atoms with Gasteiger partial charge in [-0.2, -0.15) is 0 Å². The second-order valence-corrected chi connectivity index (χ2v) is 7.27. The van der Waals surface area contributed by atoms with Gasteiger partial charge in [-0.15, -0.1) is 0 Å². The molecular formula is C19H24N2O4. The molecule has 6 nitrogen and oxygen atoms in total. The third kappa shape index (κ3) is 4.92. The van der Waals surface area contributed by atoms with Gasteiger partial charge in [-0.25, -0.2) is 0 Å². The van der Waals surface area contributed by atoms with Crippen LogP contribution in [0.25, 0.3) is 0 Å². The molecule has 2 rings (SSSR count). The van der Waals surface area contributed by atoms with E-state index in [4.69, 9.17) is 0 Å². The van der Waals surface area contributed by atoms with Gasteiger partial charge in [-0.1, -0.05) is 39.0 Å². The summed E-state index contributed by atoms with van der Waals surface area (Å²) in [5.41, 5.74) is 0.578. The summed E-state index contributed by atoms with van der Waals surface area (Å²) in [6.07, 6.45) is 4.40. The van der Waals surface area contributed by atoms with E-state index in [1.54, 1.807) is 30.3 Å². The monoisotopic (exact) mass is 344 g/mol. The molecule has 1 aliphatic carbocycles. The highest BCUT2D eigenvalue weighted by Crippen LogP contribution is 2.28. The van der Waals surface area contributed by atoms with Crippen molar-refractivity contribution in [2.75, 3.05) is 10.6 Å². The van der Waals surface area contributed by atoms with Crippen molar-refractivity contribution >= 4 is 29.2 Å². The molecule has 134 valence electrons. The van der Waals surface area contributed by atoms with E-state index >= 15 is 0 Å². The summed E-state index contributed by atoms with van der Waals surface area (Å²) in [7, 11) is 0. The third-order valence-electron chi connectivity index (χ3n) is 4.16. The van der Waals surface area contributed by atoms with Crippen LogP contribution < -0.4 is 10.6 Å². The van der Waals surface area contributed by atoms with Crippen LogP contribution in [0.1, 0.15) is 33.6 Å². The molecule has 1 aromatic rings. The van der Waals surface area contributed by atoms with Gasteiger partial charge in [0.25, 0.3) is 0 Å². The van der Waals surface area contributed by atoms with E-state index in [-0.39, 0.29) is 11.8 Å². The molecule has 0 unspecified atom stereocenters. The van der Waals surface area contributed by atoms with E-state index in [1.165, 1.54) is 0 Å². The molecule has 1 aromatic carbocycles. The summed E-state index contributed by atoms with van der Waals surface area (Å²) >= 11 is 0. The highest BCUT2D eigenvalue weighted by Gasteiger charge is 2.34. The molecular weight excluding hydrogens is 320 g/mol. The van der Waals surface area contributed by atoms with Gasteiger partial charge in [-0.3, -0.25) is 14.4 Å². The maximum absolute atomic E-state index is 12.5. The Morgan fingerprint density at radius 3 is 2.12 bits per heavy atom. The average Bonchev–Trinajstić information content (AvgIpc) is 2.54. The number of carboxylic acids is 1. The number of hydrogen-bond acceptors (Lipinski definition) is 3. The Morgan fingerprint density at radius 2 is 1.56 bits per heavy atom. The third-order valence-corrected chi connectivity index (χ3v) is 4.16. The summed E-state index contributed by atoms with van der Waals surface area (Å²) < 4.78 is 0. The van der Waals surface area contributed by atoms with Crippen molar-refractivity contribution < 1.29 is 19.5 Å². The Morgan fingerprint density at radius 1 is 1.00 bits per heavy atom. The smallest absolute Gasteiger partial charge is 0.307 e. The molecule has 0 spiro atoms. The summed E-state index contributed by atoms with van der Waals surface area (Å²) in [5, 5.41) is 14.8. The number of rotatable bonds is 4. The summed E-state index contributed by atoms with van der Waals surface area (Å²) in [6.45, 7) is 5.45. The van der Waals surface area contributed by atoms with Crippen molar-refractivity contribution in [2.24, 2.45) is 17.3 Å². The van der Waals surface area contributed by atoms with E-state index in [9.17, 15) is 19.5 Å². The molecule has 0 saturated carbocycles. The maximum atomic E-state index is 12.5. The van der Waals surface area contributed by atoms with Gasteiger partial charge in [0.2, 0.25) is 11.8 Å². The second kappa shape index (κ2) is 7.51. The number of amides is 2. The van der Waals surface area contributed by atoms with Crippen LogP contribution in [-0.2, 0) is 14.4 Å². The predicted molar refractivity (Wildman–Crippen MR) is 96.1 cm³/mol. The largest absolute Gasteiger partial charge is 0.481 e. The Labute approximate surface area is 147 Å². The minimum atomic E-state index is -0.962. The van der Waals surface area contributed by atoms with Crippen LogP contribution in [0.3, 0.4) is 0 Å². The van der Waals surface area contributed by atoms with E-state index < -0.39 is 23.2 Å². The Balaban J connectivity index is 2.08. The molecule has 0 bridgehead atoms. The van der Waals surface area contributed by atoms with Crippen LogP contribution in [0.15, 0.2) is 36.4 Å². The molecule has 2 amide bonds. The number of aliphatic carboxylic acids is 1. The SMILES string of the molecule is CC(C)(C)C(=O)Nc1cccc(NC(=O)[C@H]2CC=CC[C@@H]2C(=O)O)c1. The van der Waals surface area contributed by atoms with Crippen molar-refractivity contribution in [1.29, 1.82) is 0 Å². The van der Waals surface area contributed by atoms with Crippen LogP contribution in [0.5, 0.6) is 0 Å². The lowest BCUT2D eigenvalue weighted by Crippen LogP contribution is -2.34. The standard InChI is InChI=1S/C19H24N2O4/c1-19(2,3)18(25)21-13-8-6-7-12(11-13)20-16(22)14-9-4-5-10-15(14)17(23)24/h4-8,11,14-15H,9-10H2,1-3H3,(H,20,22)(H,21,25)(H,23,24)/t14-,15-/m0/s1. The lowest BCUT2D eigenvalue weighted by molar-refractivity contribution is -0.146. The molecule has 0 aliphatic heterocycles. The minimum Gasteiger partial charge on any atom is -0.481 e. The van der Waals surface area contributed by atoms with E-state index in [1.807, 2.05) is 26.8 Å². The van der Waals surface area contributed by atoms with Crippen LogP contribution in [0.2, 0.25) is 0 Å². The van der Waals surface area contributed by atoms with Gasteiger partial charge >= 0.3 is 5.97 Å². The molecule has 3 N–H and O–H groups in total. The number of anilines is 2. The summed E-state index contributed by atoms with van der Waals surface area (Å²) in [6, 6.07) is 6.83. The summed E-state index contributed by atoms with van der Waals surface area (Å²) in [5.74, 6) is -2.73. The van der Waals surface area contributed by atoms with Crippen molar-refractivity contribution in [2.45, 2.75) is 33.6 Å². The highest BCUT2D eigenvalue weighted by atomic mass is 16.4. The maximum Gasteiger partial charge on any atom is 0.307 e. The zero-order chi connectivity index (χ0) is 18.6. The Kier molecular flexibility index (Phi) is 5.62. The van der Waals surface area contributed by atoms with Crippen molar-refractivity contribution in [3.63, 3.8) is 0 Å². The molecule has 6 heteroatoms. The van der Waals surface area contributed by atoms with Gasteiger partial charge in [-0.05, 0) is 31.0 Å². The van der Waals surface area contributed by atoms with E-state index in [2.05, 4.69) is 10.6 Å². The van der Waals surface area contributed by atoms with Crippen LogP contribution in [-0.4, -0.2) is 22.9 Å². The fourth-order valence-corrected chi connectivity index (χ4v) is 2.61. The molecule has 2 atom stereocenters. The average molecular weight is 344 g/mol. The van der Waals surface area contributed by atoms with Crippen LogP contribution in [0, 0.1) is 17.3 Å². The lowest BCUT2D eigenvalue weighted by atomic mass is 9.82. The molecule has 0 radical (unpaired) electrons. The first-order valence-corrected chi connectivity index (χ1v) is 8.28. The fourth-order valence-electron chi connectivity index (χ4n) is 2.61. The molecule has 1 aliphatic rings. The van der Waals surface area contributed by atoms with E-state index in [0.29, 0.717) is 24.2 Å². The number of benzene rings is 1. The highest BCUT2D eigenvalue weighted by molar-refractivity contribution is 5.97. The Bertz CT molecular complexity index is 704. The predicted octanol–water partition coefficient (Wildman–Crippen LogP) is 3.28. The summed E-state index contributed by atoms with van der Waals surface area (Å²) in [4.78, 5) is 35.9. The molecule has 0 aromatic heterocycles. The van der Waals surface area contributed by atoms with E-state index in [0.717, 1.165) is 0 Å². The number of carboxylic acid groups (broad SMARTS) is 1. The number of carbonyl (C=O) groups excluding carboxylic acids is 2. The first-order chi connectivity index (χ1) is 11.7. The van der Waals surface area contributed by atoms with Gasteiger partial charge < -0.3 is 15.7 Å². The lowest BCUT2D eigenvalue weighted by Gasteiger charge is -2.24. The molecule has 0 saturated heterocycles. The normalized spacial score (nSPS) is 20.0. The van der Waals surface area contributed by atoms with Crippen molar-refractivity contribution in [3.8, 4) is 0 Å². The topological polar surface area (TPSA) is 95.5 Å². The Hall–Kier alpha value is -2.63. The number of allylic oxidation sites excluding steroid dienone is 2. The number of hydrogen-bond donors (Lipinski definition) is 3. The van der Waals surface area contributed by atoms with Crippen molar-refractivity contribution in [1.82, 2.24) is 0 Å². The minimum absolute atomic E-state index is 0.126. The van der Waals surface area contributed by atoms with Crippen LogP contribution >= 0.6 is 0 Å². The van der Waals surface area contributed by atoms with Gasteiger partial charge in [0.1, 0.15) is 0 Å². The zero-order valence-electron chi connectivity index (χ0n) is 14.7. The molecule has 25 heavy (non-hydrogen) atoms.